The Bertz CT molecular complexity index is 471. The SMILES string of the molecule is Cc1nc(NCCc2ccc(O)cc2)sc1C. The molecule has 2 N–H and O–H groups in total. The van der Waals surface area contributed by atoms with Crippen molar-refractivity contribution < 1.29 is 5.11 Å². The summed E-state index contributed by atoms with van der Waals surface area (Å²) >= 11 is 1.69. The van der Waals surface area contributed by atoms with Crippen LogP contribution in [0.25, 0.3) is 0 Å². The number of anilines is 1. The highest BCUT2D eigenvalue weighted by molar-refractivity contribution is 7.15. The molecular formula is C13H16N2OS. The van der Waals surface area contributed by atoms with Crippen molar-refractivity contribution in [2.75, 3.05) is 11.9 Å². The van der Waals surface area contributed by atoms with Crippen molar-refractivity contribution in [3.63, 3.8) is 0 Å². The summed E-state index contributed by atoms with van der Waals surface area (Å²) in [4.78, 5) is 5.68. The second kappa shape index (κ2) is 5.19. The van der Waals surface area contributed by atoms with Crippen LogP contribution in [0.4, 0.5) is 5.13 Å². The van der Waals surface area contributed by atoms with Crippen LogP contribution in [0.15, 0.2) is 24.3 Å². The van der Waals surface area contributed by atoms with E-state index in [4.69, 9.17) is 5.11 Å². The fraction of sp³-hybridized carbons (Fsp3) is 0.308. The minimum atomic E-state index is 0.313. The highest BCUT2D eigenvalue weighted by Crippen LogP contribution is 2.21. The molecule has 0 bridgehead atoms. The summed E-state index contributed by atoms with van der Waals surface area (Å²) < 4.78 is 0. The van der Waals surface area contributed by atoms with E-state index in [1.807, 2.05) is 19.1 Å². The van der Waals surface area contributed by atoms with Gasteiger partial charge in [-0.25, -0.2) is 4.98 Å². The van der Waals surface area contributed by atoms with Crippen molar-refractivity contribution in [2.45, 2.75) is 20.3 Å². The Kier molecular flexibility index (Phi) is 3.64. The summed E-state index contributed by atoms with van der Waals surface area (Å²) in [6, 6.07) is 7.31. The van der Waals surface area contributed by atoms with E-state index in [1.165, 1.54) is 10.4 Å². The number of hydrogen-bond acceptors (Lipinski definition) is 4. The van der Waals surface area contributed by atoms with Crippen LogP contribution in [0.1, 0.15) is 16.1 Å². The number of rotatable bonds is 4. The van der Waals surface area contributed by atoms with E-state index in [1.54, 1.807) is 23.5 Å². The predicted octanol–water partition coefficient (Wildman–Crippen LogP) is 3.12. The van der Waals surface area contributed by atoms with Crippen molar-refractivity contribution in [1.29, 1.82) is 0 Å². The van der Waals surface area contributed by atoms with Gasteiger partial charge in [0.25, 0.3) is 0 Å². The van der Waals surface area contributed by atoms with Crippen LogP contribution in [-0.2, 0) is 6.42 Å². The van der Waals surface area contributed by atoms with Crippen molar-refractivity contribution in [2.24, 2.45) is 0 Å². The van der Waals surface area contributed by atoms with Crippen LogP contribution in [0.3, 0.4) is 0 Å². The van der Waals surface area contributed by atoms with E-state index in [9.17, 15) is 0 Å². The number of thiazole rings is 1. The predicted molar refractivity (Wildman–Crippen MR) is 71.9 cm³/mol. The van der Waals surface area contributed by atoms with Crippen molar-refractivity contribution in [1.82, 2.24) is 4.98 Å². The maximum absolute atomic E-state index is 9.17. The molecule has 0 aliphatic rings. The molecule has 4 heteroatoms. The molecule has 0 fully saturated rings. The summed E-state index contributed by atoms with van der Waals surface area (Å²) in [5, 5.41) is 13.5. The van der Waals surface area contributed by atoms with Crippen molar-refractivity contribution in [3.05, 3.63) is 40.4 Å². The quantitative estimate of drug-likeness (QED) is 0.873. The van der Waals surface area contributed by atoms with Gasteiger partial charge in [0.1, 0.15) is 5.75 Å². The molecule has 0 aliphatic carbocycles. The van der Waals surface area contributed by atoms with E-state index < -0.39 is 0 Å². The fourth-order valence-corrected chi connectivity index (χ4v) is 2.36. The van der Waals surface area contributed by atoms with E-state index in [2.05, 4.69) is 17.2 Å². The first-order chi connectivity index (χ1) is 8.15. The molecule has 17 heavy (non-hydrogen) atoms. The van der Waals surface area contributed by atoms with E-state index in [0.717, 1.165) is 23.8 Å². The summed E-state index contributed by atoms with van der Waals surface area (Å²) in [5.41, 5.74) is 2.31. The van der Waals surface area contributed by atoms with Gasteiger partial charge in [-0.2, -0.15) is 0 Å². The summed E-state index contributed by atoms with van der Waals surface area (Å²) in [6.07, 6.45) is 0.929. The van der Waals surface area contributed by atoms with Crippen molar-refractivity contribution in [3.8, 4) is 5.75 Å². The molecule has 0 aliphatic heterocycles. The van der Waals surface area contributed by atoms with Gasteiger partial charge in [0.2, 0.25) is 0 Å². The van der Waals surface area contributed by atoms with Crippen LogP contribution in [-0.4, -0.2) is 16.6 Å². The number of benzene rings is 1. The highest BCUT2D eigenvalue weighted by atomic mass is 32.1. The molecule has 3 nitrogen and oxygen atoms in total. The number of nitrogens with zero attached hydrogens (tertiary/aromatic N) is 1. The Labute approximate surface area is 105 Å². The zero-order valence-electron chi connectivity index (χ0n) is 10.0. The average molecular weight is 248 g/mol. The molecule has 2 rings (SSSR count). The lowest BCUT2D eigenvalue weighted by atomic mass is 10.1. The standard InChI is InChI=1S/C13H16N2OS/c1-9-10(2)17-13(15-9)14-8-7-11-3-5-12(16)6-4-11/h3-6,16H,7-8H2,1-2H3,(H,14,15). The van der Waals surface area contributed by atoms with Gasteiger partial charge in [0.05, 0.1) is 5.69 Å². The average Bonchev–Trinajstić information content (AvgIpc) is 2.61. The van der Waals surface area contributed by atoms with Crippen LogP contribution >= 0.6 is 11.3 Å². The molecule has 2 aromatic rings. The van der Waals surface area contributed by atoms with Gasteiger partial charge < -0.3 is 10.4 Å². The lowest BCUT2D eigenvalue weighted by Gasteiger charge is -2.03. The largest absolute Gasteiger partial charge is 0.508 e. The number of aryl methyl sites for hydroxylation is 2. The summed E-state index contributed by atoms with van der Waals surface area (Å²) in [6.45, 7) is 4.96. The lowest BCUT2D eigenvalue weighted by molar-refractivity contribution is 0.475. The van der Waals surface area contributed by atoms with Crippen LogP contribution in [0, 0.1) is 13.8 Å². The first-order valence-corrected chi connectivity index (χ1v) is 6.42. The molecule has 0 radical (unpaired) electrons. The molecule has 1 aromatic carbocycles. The van der Waals surface area contributed by atoms with E-state index in [-0.39, 0.29) is 0 Å². The van der Waals surface area contributed by atoms with E-state index >= 15 is 0 Å². The third kappa shape index (κ3) is 3.20. The van der Waals surface area contributed by atoms with Crippen LogP contribution in [0.2, 0.25) is 0 Å². The number of phenols is 1. The fourth-order valence-electron chi connectivity index (χ4n) is 1.52. The molecule has 1 aromatic heterocycles. The molecule has 0 unspecified atom stereocenters. The molecule has 0 saturated carbocycles. The topological polar surface area (TPSA) is 45.2 Å². The number of phenolic OH excluding ortho intramolecular Hbond substituents is 1. The number of nitrogens with one attached hydrogen (secondary N) is 1. The Morgan fingerprint density at radius 3 is 2.53 bits per heavy atom. The second-order valence-corrected chi connectivity index (χ2v) is 5.21. The van der Waals surface area contributed by atoms with Gasteiger partial charge in [-0.3, -0.25) is 0 Å². The van der Waals surface area contributed by atoms with Gasteiger partial charge in [-0.1, -0.05) is 12.1 Å². The van der Waals surface area contributed by atoms with Crippen molar-refractivity contribution >= 4 is 16.5 Å². The smallest absolute Gasteiger partial charge is 0.183 e. The first-order valence-electron chi connectivity index (χ1n) is 5.61. The summed E-state index contributed by atoms with van der Waals surface area (Å²) in [7, 11) is 0. The minimum Gasteiger partial charge on any atom is -0.508 e. The monoisotopic (exact) mass is 248 g/mol. The second-order valence-electron chi connectivity index (χ2n) is 4.00. The normalized spacial score (nSPS) is 10.5. The number of aromatic nitrogens is 1. The minimum absolute atomic E-state index is 0.313. The molecule has 0 spiro atoms. The molecule has 90 valence electrons. The molecule has 0 amide bonds. The lowest BCUT2D eigenvalue weighted by Crippen LogP contribution is -2.04. The molecular weight excluding hydrogens is 232 g/mol. The number of aromatic hydroxyl groups is 1. The Morgan fingerprint density at radius 2 is 1.94 bits per heavy atom. The summed E-state index contributed by atoms with van der Waals surface area (Å²) in [5.74, 6) is 0.313. The third-order valence-corrected chi connectivity index (χ3v) is 3.69. The van der Waals surface area contributed by atoms with Gasteiger partial charge >= 0.3 is 0 Å². The first kappa shape index (κ1) is 11.9. The molecule has 1 heterocycles. The Morgan fingerprint density at radius 1 is 1.24 bits per heavy atom. The van der Waals surface area contributed by atoms with Crippen LogP contribution < -0.4 is 5.32 Å². The maximum Gasteiger partial charge on any atom is 0.183 e. The number of hydrogen-bond donors (Lipinski definition) is 2. The van der Waals surface area contributed by atoms with Gasteiger partial charge in [-0.15, -0.1) is 11.3 Å². The van der Waals surface area contributed by atoms with E-state index in [0.29, 0.717) is 5.75 Å². The third-order valence-electron chi connectivity index (χ3n) is 2.65. The Hall–Kier alpha value is -1.55. The zero-order chi connectivity index (χ0) is 12.3. The highest BCUT2D eigenvalue weighted by Gasteiger charge is 2.02. The maximum atomic E-state index is 9.17. The van der Waals surface area contributed by atoms with Gasteiger partial charge in [0, 0.05) is 11.4 Å². The van der Waals surface area contributed by atoms with Gasteiger partial charge in [0.15, 0.2) is 5.13 Å². The molecule has 0 atom stereocenters. The zero-order valence-corrected chi connectivity index (χ0v) is 10.8. The van der Waals surface area contributed by atoms with Crippen LogP contribution in [0.5, 0.6) is 5.75 Å². The Balaban J connectivity index is 1.85. The molecule has 0 saturated heterocycles. The van der Waals surface area contributed by atoms with Gasteiger partial charge in [-0.05, 0) is 38.0 Å².